The van der Waals surface area contributed by atoms with E-state index in [0.29, 0.717) is 16.8 Å². The number of hydrogen-bond donors (Lipinski definition) is 2. The number of anilines is 1. The molecule has 4 aliphatic carbocycles. The Morgan fingerprint density at radius 2 is 1.80 bits per heavy atom. The zero-order chi connectivity index (χ0) is 20.9. The van der Waals surface area contributed by atoms with E-state index in [1.54, 1.807) is 6.42 Å². The Morgan fingerprint density at radius 1 is 0.967 bits per heavy atom. The molecule has 4 fully saturated rings. The lowest BCUT2D eigenvalue weighted by Crippen LogP contribution is -2.55. The highest BCUT2D eigenvalue weighted by molar-refractivity contribution is 5.13. The fourth-order valence-corrected chi connectivity index (χ4v) is 9.54. The smallest absolute Gasteiger partial charge is 0.219 e. The first kappa shape index (κ1) is 20.8. The number of rotatable bonds is 5. The third kappa shape index (κ3) is 3.23. The Labute approximate surface area is 183 Å². The summed E-state index contributed by atoms with van der Waals surface area (Å²) in [5.41, 5.74) is 6.92. The first-order chi connectivity index (χ1) is 14.5. The van der Waals surface area contributed by atoms with Crippen molar-refractivity contribution in [1.29, 1.82) is 0 Å². The van der Waals surface area contributed by atoms with Crippen molar-refractivity contribution in [2.75, 3.05) is 5.73 Å². The van der Waals surface area contributed by atoms with Crippen LogP contribution in [0.3, 0.4) is 0 Å². The van der Waals surface area contributed by atoms with Crippen LogP contribution in [0.15, 0.2) is 0 Å². The Bertz CT molecular complexity index is 743. The van der Waals surface area contributed by atoms with Crippen LogP contribution in [0.1, 0.15) is 104 Å². The van der Waals surface area contributed by atoms with Crippen LogP contribution in [-0.4, -0.2) is 15.2 Å². The molecule has 1 aromatic rings. The zero-order valence-corrected chi connectivity index (χ0v) is 19.6. The fraction of sp³-hybridized carbons (Fsp3) is 0.923. The molecule has 1 heterocycles. The van der Waals surface area contributed by atoms with Gasteiger partial charge in [0.1, 0.15) is 5.82 Å². The molecule has 8 atom stereocenters. The maximum Gasteiger partial charge on any atom is 0.219 e. The van der Waals surface area contributed by atoms with E-state index in [4.69, 9.17) is 5.73 Å². The Kier molecular flexibility index (Phi) is 5.42. The summed E-state index contributed by atoms with van der Waals surface area (Å²) >= 11 is 0. The van der Waals surface area contributed by atoms with Crippen molar-refractivity contribution in [2.24, 2.45) is 46.3 Å². The number of H-pyrrole nitrogens is 1. The van der Waals surface area contributed by atoms with Gasteiger partial charge in [0.15, 0.2) is 0 Å². The summed E-state index contributed by atoms with van der Waals surface area (Å²) in [5, 5.41) is 8.08. The molecule has 0 radical (unpaired) electrons. The van der Waals surface area contributed by atoms with Crippen molar-refractivity contribution < 1.29 is 0 Å². The number of aryl methyl sites for hydroxylation is 1. The highest BCUT2D eigenvalue weighted by atomic mass is 15.3. The number of nitrogens with two attached hydrogens (primary N) is 1. The lowest BCUT2D eigenvalue weighted by molar-refractivity contribution is -0.135. The molecule has 168 valence electrons. The average Bonchev–Trinajstić information content (AvgIpc) is 3.30. The third-order valence-corrected chi connectivity index (χ3v) is 11.0. The minimum atomic E-state index is 0.452. The first-order valence-electron chi connectivity index (χ1n) is 13.1. The van der Waals surface area contributed by atoms with E-state index in [9.17, 15) is 0 Å². The Morgan fingerprint density at radius 3 is 2.57 bits per heavy atom. The van der Waals surface area contributed by atoms with Crippen LogP contribution in [0.25, 0.3) is 0 Å². The molecule has 0 aliphatic heterocycles. The van der Waals surface area contributed by atoms with E-state index < -0.39 is 0 Å². The predicted molar refractivity (Wildman–Crippen MR) is 123 cm³/mol. The monoisotopic (exact) mass is 412 g/mol. The SMILES string of the molecule is CC[C@H]1CC2C3CCC(CCCc4nnc(N)[nH]4)C3(C)CC[C@@H]2C2(C)CCCCC12. The molecule has 0 bridgehead atoms. The zero-order valence-electron chi connectivity index (χ0n) is 19.6. The number of aromatic amines is 1. The van der Waals surface area contributed by atoms with E-state index in [0.717, 1.165) is 47.8 Å². The molecule has 0 spiro atoms. The average molecular weight is 413 g/mol. The molecule has 1 aromatic heterocycles. The van der Waals surface area contributed by atoms with Gasteiger partial charge >= 0.3 is 0 Å². The van der Waals surface area contributed by atoms with E-state index in [2.05, 4.69) is 36.0 Å². The minimum Gasteiger partial charge on any atom is -0.368 e. The van der Waals surface area contributed by atoms with Gasteiger partial charge in [0.05, 0.1) is 0 Å². The number of aromatic nitrogens is 3. The predicted octanol–water partition coefficient (Wildman–Crippen LogP) is 6.39. The second-order valence-electron chi connectivity index (χ2n) is 12.0. The summed E-state index contributed by atoms with van der Waals surface area (Å²) in [6.45, 7) is 7.90. The van der Waals surface area contributed by atoms with Crippen molar-refractivity contribution in [2.45, 2.75) is 104 Å². The van der Waals surface area contributed by atoms with E-state index in [1.165, 1.54) is 70.6 Å². The van der Waals surface area contributed by atoms with Gasteiger partial charge in [0.25, 0.3) is 0 Å². The molecule has 5 rings (SSSR count). The summed E-state index contributed by atoms with van der Waals surface area (Å²) in [5.74, 6) is 7.34. The molecule has 3 N–H and O–H groups in total. The van der Waals surface area contributed by atoms with E-state index >= 15 is 0 Å². The number of nitrogens with zero attached hydrogens (tertiary/aromatic N) is 2. The molecular formula is C26H44N4. The van der Waals surface area contributed by atoms with Gasteiger partial charge < -0.3 is 10.7 Å². The van der Waals surface area contributed by atoms with Crippen LogP contribution in [0, 0.1) is 46.3 Å². The summed E-state index contributed by atoms with van der Waals surface area (Å²) in [7, 11) is 0. The number of nitrogen functional groups attached to an aromatic ring is 1. The van der Waals surface area contributed by atoms with E-state index in [1.807, 2.05) is 0 Å². The summed E-state index contributed by atoms with van der Waals surface area (Å²) in [4.78, 5) is 3.10. The topological polar surface area (TPSA) is 67.6 Å². The van der Waals surface area contributed by atoms with Gasteiger partial charge in [0.2, 0.25) is 5.95 Å². The van der Waals surface area contributed by atoms with Crippen molar-refractivity contribution in [3.8, 4) is 0 Å². The largest absolute Gasteiger partial charge is 0.368 e. The van der Waals surface area contributed by atoms with Gasteiger partial charge in [-0.2, -0.15) is 0 Å². The van der Waals surface area contributed by atoms with Crippen molar-refractivity contribution in [3.05, 3.63) is 5.82 Å². The second kappa shape index (κ2) is 7.81. The first-order valence-corrected chi connectivity index (χ1v) is 13.1. The van der Waals surface area contributed by atoms with Crippen LogP contribution in [-0.2, 0) is 6.42 Å². The highest BCUT2D eigenvalue weighted by Crippen LogP contribution is 2.69. The van der Waals surface area contributed by atoms with Gasteiger partial charge in [0, 0.05) is 6.42 Å². The number of fused-ring (bicyclic) bond motifs is 5. The van der Waals surface area contributed by atoms with Crippen molar-refractivity contribution in [1.82, 2.24) is 15.2 Å². The molecule has 6 unspecified atom stereocenters. The molecular weight excluding hydrogens is 368 g/mol. The quantitative estimate of drug-likeness (QED) is 0.588. The van der Waals surface area contributed by atoms with Crippen molar-refractivity contribution in [3.63, 3.8) is 0 Å². The summed E-state index contributed by atoms with van der Waals surface area (Å²) in [6, 6.07) is 0. The molecule has 4 heteroatoms. The van der Waals surface area contributed by atoms with Gasteiger partial charge in [-0.15, -0.1) is 10.2 Å². The Hall–Kier alpha value is -1.06. The molecule has 4 aliphatic rings. The molecule has 4 nitrogen and oxygen atoms in total. The molecule has 0 aromatic carbocycles. The normalized spacial score (nSPS) is 45.6. The van der Waals surface area contributed by atoms with Crippen LogP contribution in [0.4, 0.5) is 5.95 Å². The molecule has 0 saturated heterocycles. The van der Waals surface area contributed by atoms with Gasteiger partial charge in [-0.3, -0.25) is 0 Å². The summed E-state index contributed by atoms with van der Waals surface area (Å²) < 4.78 is 0. The maximum absolute atomic E-state index is 5.69. The lowest BCUT2D eigenvalue weighted by Gasteiger charge is -2.62. The van der Waals surface area contributed by atoms with Gasteiger partial charge in [-0.05, 0) is 104 Å². The second-order valence-corrected chi connectivity index (χ2v) is 12.0. The van der Waals surface area contributed by atoms with Gasteiger partial charge in [-0.1, -0.05) is 40.0 Å². The van der Waals surface area contributed by atoms with Crippen LogP contribution >= 0.6 is 0 Å². The van der Waals surface area contributed by atoms with E-state index in [-0.39, 0.29) is 0 Å². The van der Waals surface area contributed by atoms with Crippen LogP contribution in [0.5, 0.6) is 0 Å². The highest BCUT2D eigenvalue weighted by Gasteiger charge is 2.60. The number of hydrogen-bond acceptors (Lipinski definition) is 3. The van der Waals surface area contributed by atoms with Crippen LogP contribution in [0.2, 0.25) is 0 Å². The molecule has 0 amide bonds. The Balaban J connectivity index is 1.30. The summed E-state index contributed by atoms with van der Waals surface area (Å²) in [6.07, 6.45) is 18.5. The molecule has 30 heavy (non-hydrogen) atoms. The fourth-order valence-electron chi connectivity index (χ4n) is 9.54. The van der Waals surface area contributed by atoms with Crippen LogP contribution < -0.4 is 5.73 Å². The standard InChI is InChI=1S/C26H44N4/c1-4-17-16-19-21-12-11-18(8-7-10-23-28-24(27)30-29-23)25(21,2)15-13-22(19)26(3)14-6-5-9-20(17)26/h17-22H,4-16H2,1-3H3,(H3,27,28,29,30)/t17-,18?,19?,20?,21?,22-,25?,26?/m0/s1. The lowest BCUT2D eigenvalue weighted by atomic mass is 9.42. The third-order valence-electron chi connectivity index (χ3n) is 11.0. The molecule has 4 saturated carbocycles. The van der Waals surface area contributed by atoms with Crippen molar-refractivity contribution >= 4 is 5.95 Å². The number of nitrogens with one attached hydrogen (secondary N) is 1. The van der Waals surface area contributed by atoms with Gasteiger partial charge in [-0.25, -0.2) is 0 Å². The minimum absolute atomic E-state index is 0.452. The maximum atomic E-state index is 5.69.